The third-order valence-corrected chi connectivity index (χ3v) is 5.36. The predicted molar refractivity (Wildman–Crippen MR) is 106 cm³/mol. The summed E-state index contributed by atoms with van der Waals surface area (Å²) < 4.78 is 9.29. The first-order chi connectivity index (χ1) is 12.3. The Bertz CT molecular complexity index is 835. The van der Waals surface area contributed by atoms with Gasteiger partial charge >= 0.3 is 0 Å². The van der Waals surface area contributed by atoms with Crippen LogP contribution in [0.1, 0.15) is 18.4 Å². The van der Waals surface area contributed by atoms with E-state index in [0.29, 0.717) is 6.61 Å². The van der Waals surface area contributed by atoms with E-state index >= 15 is 0 Å². The minimum Gasteiger partial charge on any atom is -0.492 e. The molecule has 0 spiro atoms. The third-order valence-electron chi connectivity index (χ3n) is 4.86. The van der Waals surface area contributed by atoms with Crippen LogP contribution in [0, 0.1) is 0 Å². The first-order valence-electron chi connectivity index (χ1n) is 8.96. The van der Waals surface area contributed by atoms with Crippen molar-refractivity contribution in [3.8, 4) is 5.75 Å². The summed E-state index contributed by atoms with van der Waals surface area (Å²) in [6.45, 7) is 5.05. The highest BCUT2D eigenvalue weighted by Crippen LogP contribution is 2.21. The molecule has 0 N–H and O–H groups in total. The molecule has 0 unspecified atom stereocenters. The van der Waals surface area contributed by atoms with Crippen LogP contribution in [-0.4, -0.2) is 29.2 Å². The second-order valence-electron chi connectivity index (χ2n) is 6.69. The summed E-state index contributed by atoms with van der Waals surface area (Å²) in [4.78, 5) is 2.52. The van der Waals surface area contributed by atoms with Crippen molar-refractivity contribution < 1.29 is 4.74 Å². The van der Waals surface area contributed by atoms with Crippen LogP contribution in [0.3, 0.4) is 0 Å². The van der Waals surface area contributed by atoms with E-state index in [0.717, 1.165) is 23.3 Å². The summed E-state index contributed by atoms with van der Waals surface area (Å²) >= 11 is 3.52. The lowest BCUT2D eigenvalue weighted by atomic mass is 10.2. The first-order valence-corrected chi connectivity index (χ1v) is 9.76. The fourth-order valence-electron chi connectivity index (χ4n) is 3.52. The fourth-order valence-corrected chi connectivity index (χ4v) is 3.90. The molecule has 1 fully saturated rings. The smallest absolute Gasteiger partial charge is 0.119 e. The molecule has 0 atom stereocenters. The zero-order valence-corrected chi connectivity index (χ0v) is 15.9. The first kappa shape index (κ1) is 16.7. The average molecular weight is 399 g/mol. The molecule has 0 amide bonds. The highest BCUT2D eigenvalue weighted by atomic mass is 79.9. The van der Waals surface area contributed by atoms with Crippen LogP contribution in [0.5, 0.6) is 5.75 Å². The normalized spacial score (nSPS) is 15.1. The minimum atomic E-state index is 0.672. The maximum Gasteiger partial charge on any atom is 0.119 e. The van der Waals surface area contributed by atoms with Gasteiger partial charge in [0, 0.05) is 28.1 Å². The van der Waals surface area contributed by atoms with Gasteiger partial charge in [-0.3, -0.25) is 4.90 Å². The van der Waals surface area contributed by atoms with Gasteiger partial charge in [-0.2, -0.15) is 0 Å². The Balaban J connectivity index is 1.31. The number of likely N-dealkylation sites (tertiary alicyclic amines) is 1. The van der Waals surface area contributed by atoms with Crippen molar-refractivity contribution in [2.45, 2.75) is 25.9 Å². The van der Waals surface area contributed by atoms with Gasteiger partial charge in [-0.1, -0.05) is 28.1 Å². The van der Waals surface area contributed by atoms with Crippen LogP contribution in [-0.2, 0) is 13.1 Å². The van der Waals surface area contributed by atoms with Gasteiger partial charge in [0.15, 0.2) is 0 Å². The Labute approximate surface area is 157 Å². The van der Waals surface area contributed by atoms with E-state index < -0.39 is 0 Å². The molecule has 130 valence electrons. The van der Waals surface area contributed by atoms with E-state index in [9.17, 15) is 0 Å². The van der Waals surface area contributed by atoms with Crippen molar-refractivity contribution in [2.75, 3.05) is 19.7 Å². The second-order valence-corrected chi connectivity index (χ2v) is 7.60. The van der Waals surface area contributed by atoms with Gasteiger partial charge in [-0.25, -0.2) is 0 Å². The number of halogens is 1. The van der Waals surface area contributed by atoms with Crippen molar-refractivity contribution in [3.63, 3.8) is 0 Å². The molecule has 1 aliphatic heterocycles. The van der Waals surface area contributed by atoms with Crippen molar-refractivity contribution >= 4 is 26.8 Å². The largest absolute Gasteiger partial charge is 0.492 e. The standard InChI is InChI=1S/C21H23BrN2O/c22-19-5-8-21-18(15-19)9-12-24(21)13-14-25-20-6-3-17(4-7-20)16-23-10-1-2-11-23/h3-9,12,15H,1-2,10-11,13-14,16H2. The number of aromatic nitrogens is 1. The monoisotopic (exact) mass is 398 g/mol. The van der Waals surface area contributed by atoms with Crippen LogP contribution in [0.4, 0.5) is 0 Å². The second kappa shape index (κ2) is 7.63. The van der Waals surface area contributed by atoms with Gasteiger partial charge in [0.2, 0.25) is 0 Å². The minimum absolute atomic E-state index is 0.672. The van der Waals surface area contributed by atoms with Crippen LogP contribution in [0.2, 0.25) is 0 Å². The number of benzene rings is 2. The highest BCUT2D eigenvalue weighted by Gasteiger charge is 2.11. The van der Waals surface area contributed by atoms with Crippen molar-refractivity contribution in [3.05, 3.63) is 64.8 Å². The zero-order chi connectivity index (χ0) is 17.1. The molecule has 0 saturated carbocycles. The van der Waals surface area contributed by atoms with Crippen LogP contribution >= 0.6 is 15.9 Å². The molecule has 2 aromatic carbocycles. The van der Waals surface area contributed by atoms with Crippen molar-refractivity contribution in [1.29, 1.82) is 0 Å². The predicted octanol–water partition coefficient (Wildman–Crippen LogP) is 5.08. The van der Waals surface area contributed by atoms with E-state index in [4.69, 9.17) is 4.74 Å². The van der Waals surface area contributed by atoms with E-state index in [2.05, 4.69) is 80.1 Å². The number of rotatable bonds is 6. The van der Waals surface area contributed by atoms with E-state index in [-0.39, 0.29) is 0 Å². The molecule has 2 heterocycles. The Morgan fingerprint density at radius 2 is 1.76 bits per heavy atom. The number of fused-ring (bicyclic) bond motifs is 1. The lowest BCUT2D eigenvalue weighted by Crippen LogP contribution is -2.18. The Kier molecular flexibility index (Phi) is 5.09. The average Bonchev–Trinajstić information content (AvgIpc) is 3.26. The van der Waals surface area contributed by atoms with Gasteiger partial charge in [0.05, 0.1) is 6.54 Å². The molecule has 0 radical (unpaired) electrons. The van der Waals surface area contributed by atoms with E-state index in [1.807, 2.05) is 0 Å². The quantitative estimate of drug-likeness (QED) is 0.575. The van der Waals surface area contributed by atoms with Crippen molar-refractivity contribution in [2.24, 2.45) is 0 Å². The SMILES string of the molecule is Brc1ccc2c(ccn2CCOc2ccc(CN3CCCC3)cc2)c1. The van der Waals surface area contributed by atoms with E-state index in [1.54, 1.807) is 0 Å². The fraction of sp³-hybridized carbons (Fsp3) is 0.333. The molecule has 4 rings (SSSR count). The van der Waals surface area contributed by atoms with Gasteiger partial charge < -0.3 is 9.30 Å². The maximum atomic E-state index is 5.93. The number of hydrogen-bond acceptors (Lipinski definition) is 2. The van der Waals surface area contributed by atoms with Gasteiger partial charge in [-0.05, 0) is 67.9 Å². The van der Waals surface area contributed by atoms with Crippen LogP contribution < -0.4 is 4.74 Å². The molecule has 4 heteroatoms. The van der Waals surface area contributed by atoms with Crippen LogP contribution in [0.25, 0.3) is 10.9 Å². The number of nitrogens with zero attached hydrogens (tertiary/aromatic N) is 2. The molecule has 0 aliphatic carbocycles. The summed E-state index contributed by atoms with van der Waals surface area (Å²) in [5, 5.41) is 1.25. The third kappa shape index (κ3) is 4.07. The number of ether oxygens (including phenoxy) is 1. The molecule has 1 saturated heterocycles. The Morgan fingerprint density at radius 1 is 0.960 bits per heavy atom. The summed E-state index contributed by atoms with van der Waals surface area (Å²) in [5.41, 5.74) is 2.61. The summed E-state index contributed by atoms with van der Waals surface area (Å²) in [6.07, 6.45) is 4.80. The Hall–Kier alpha value is -1.78. The van der Waals surface area contributed by atoms with Gasteiger partial charge in [-0.15, -0.1) is 0 Å². The highest BCUT2D eigenvalue weighted by molar-refractivity contribution is 9.10. The summed E-state index contributed by atoms with van der Waals surface area (Å²) in [6, 6.07) is 17.1. The molecule has 1 aliphatic rings. The Morgan fingerprint density at radius 3 is 2.56 bits per heavy atom. The molecular formula is C21H23BrN2O. The lowest BCUT2D eigenvalue weighted by Gasteiger charge is -2.15. The molecule has 25 heavy (non-hydrogen) atoms. The molecular weight excluding hydrogens is 376 g/mol. The molecule has 0 bridgehead atoms. The molecule has 3 aromatic rings. The van der Waals surface area contributed by atoms with Crippen molar-refractivity contribution in [1.82, 2.24) is 9.47 Å². The zero-order valence-electron chi connectivity index (χ0n) is 14.3. The number of hydrogen-bond donors (Lipinski definition) is 0. The van der Waals surface area contributed by atoms with Gasteiger partial charge in [0.25, 0.3) is 0 Å². The summed E-state index contributed by atoms with van der Waals surface area (Å²) in [5.74, 6) is 0.948. The van der Waals surface area contributed by atoms with Crippen LogP contribution in [0.15, 0.2) is 59.2 Å². The summed E-state index contributed by atoms with van der Waals surface area (Å²) in [7, 11) is 0. The van der Waals surface area contributed by atoms with E-state index in [1.165, 1.54) is 42.4 Å². The topological polar surface area (TPSA) is 17.4 Å². The molecule has 3 nitrogen and oxygen atoms in total. The lowest BCUT2D eigenvalue weighted by molar-refractivity contribution is 0.299. The molecule has 1 aromatic heterocycles. The maximum absolute atomic E-state index is 5.93. The van der Waals surface area contributed by atoms with Gasteiger partial charge in [0.1, 0.15) is 12.4 Å².